The van der Waals surface area contributed by atoms with Crippen LogP contribution in [0.15, 0.2) is 48.8 Å². The van der Waals surface area contributed by atoms with Gasteiger partial charge < -0.3 is 5.11 Å². The van der Waals surface area contributed by atoms with E-state index in [1.165, 1.54) is 0 Å². The summed E-state index contributed by atoms with van der Waals surface area (Å²) in [4.78, 5) is 15.2. The molecule has 1 heterocycles. The van der Waals surface area contributed by atoms with Gasteiger partial charge >= 0.3 is 5.97 Å². The van der Waals surface area contributed by atoms with E-state index in [0.29, 0.717) is 0 Å². The number of benzene rings is 1. The predicted octanol–water partition coefficient (Wildman–Crippen LogP) is 3.11. The first-order valence-electron chi connectivity index (χ1n) is 5.76. The topological polar surface area (TPSA) is 50.2 Å². The first-order valence-corrected chi connectivity index (χ1v) is 5.76. The molecule has 1 aromatic heterocycles. The molecule has 0 saturated heterocycles. The van der Waals surface area contributed by atoms with Gasteiger partial charge in [0.1, 0.15) is 0 Å². The van der Waals surface area contributed by atoms with E-state index in [4.69, 9.17) is 0 Å². The van der Waals surface area contributed by atoms with E-state index in [0.717, 1.165) is 16.7 Å². The van der Waals surface area contributed by atoms with Crippen molar-refractivity contribution in [2.45, 2.75) is 19.3 Å². The highest BCUT2D eigenvalue weighted by atomic mass is 16.4. The van der Waals surface area contributed by atoms with Crippen LogP contribution < -0.4 is 0 Å². The summed E-state index contributed by atoms with van der Waals surface area (Å²) in [6.45, 7) is 3.41. The summed E-state index contributed by atoms with van der Waals surface area (Å²) in [7, 11) is 0. The van der Waals surface area contributed by atoms with Crippen molar-refractivity contribution < 1.29 is 9.90 Å². The number of pyridine rings is 1. The molecule has 0 radical (unpaired) electrons. The Balaban J connectivity index is 2.35. The Morgan fingerprint density at radius 3 is 2.28 bits per heavy atom. The van der Waals surface area contributed by atoms with Crippen LogP contribution in [0, 0.1) is 0 Å². The van der Waals surface area contributed by atoms with Crippen LogP contribution in [0.1, 0.15) is 19.4 Å². The van der Waals surface area contributed by atoms with Crippen molar-refractivity contribution >= 4 is 5.97 Å². The summed E-state index contributed by atoms with van der Waals surface area (Å²) in [5, 5.41) is 9.17. The summed E-state index contributed by atoms with van der Waals surface area (Å²) in [5.74, 6) is -0.823. The fraction of sp³-hybridized carbons (Fsp3) is 0.200. The Labute approximate surface area is 106 Å². The van der Waals surface area contributed by atoms with Crippen molar-refractivity contribution in [2.75, 3.05) is 0 Å². The molecule has 0 bridgehead atoms. The third-order valence-electron chi connectivity index (χ3n) is 3.14. The molecule has 0 aliphatic heterocycles. The monoisotopic (exact) mass is 241 g/mol. The number of carbonyl (C=O) groups is 1. The summed E-state index contributed by atoms with van der Waals surface area (Å²) < 4.78 is 0. The molecule has 1 N–H and O–H groups in total. The molecule has 1 aromatic carbocycles. The second-order valence-corrected chi connectivity index (χ2v) is 4.75. The van der Waals surface area contributed by atoms with Gasteiger partial charge in [-0.05, 0) is 36.6 Å². The summed E-state index contributed by atoms with van der Waals surface area (Å²) in [5.41, 5.74) is 1.99. The summed E-state index contributed by atoms with van der Waals surface area (Å²) in [6, 6.07) is 11.4. The van der Waals surface area contributed by atoms with Crippen LogP contribution in [0.5, 0.6) is 0 Å². The van der Waals surface area contributed by atoms with E-state index < -0.39 is 11.4 Å². The molecule has 0 aliphatic carbocycles. The van der Waals surface area contributed by atoms with Gasteiger partial charge in [0.25, 0.3) is 0 Å². The number of carboxylic acids is 1. The van der Waals surface area contributed by atoms with Gasteiger partial charge in [-0.25, -0.2) is 0 Å². The number of rotatable bonds is 3. The molecule has 0 unspecified atom stereocenters. The van der Waals surface area contributed by atoms with Crippen molar-refractivity contribution in [2.24, 2.45) is 0 Å². The average molecular weight is 241 g/mol. The number of hydrogen-bond donors (Lipinski definition) is 1. The Kier molecular flexibility index (Phi) is 3.15. The molecule has 0 amide bonds. The highest BCUT2D eigenvalue weighted by Gasteiger charge is 2.29. The van der Waals surface area contributed by atoms with Crippen molar-refractivity contribution in [3.63, 3.8) is 0 Å². The second-order valence-electron chi connectivity index (χ2n) is 4.75. The zero-order chi connectivity index (χ0) is 13.2. The van der Waals surface area contributed by atoms with E-state index in [-0.39, 0.29) is 0 Å². The lowest BCUT2D eigenvalue weighted by Gasteiger charge is -2.19. The number of carboxylic acid groups (broad SMARTS) is 1. The maximum Gasteiger partial charge on any atom is 0.313 e. The fourth-order valence-electron chi connectivity index (χ4n) is 1.74. The minimum atomic E-state index is -0.868. The number of nitrogens with zero attached hydrogens (tertiary/aromatic N) is 1. The molecule has 18 heavy (non-hydrogen) atoms. The number of aromatic nitrogens is 1. The van der Waals surface area contributed by atoms with Gasteiger partial charge in [0.05, 0.1) is 5.41 Å². The highest BCUT2D eigenvalue weighted by Crippen LogP contribution is 2.26. The smallest absolute Gasteiger partial charge is 0.313 e. The van der Waals surface area contributed by atoms with E-state index in [1.54, 1.807) is 26.2 Å². The molecular formula is C15H15NO2. The van der Waals surface area contributed by atoms with Gasteiger partial charge in [-0.2, -0.15) is 0 Å². The molecule has 3 nitrogen and oxygen atoms in total. The predicted molar refractivity (Wildman–Crippen MR) is 70.3 cm³/mol. The van der Waals surface area contributed by atoms with E-state index in [1.807, 2.05) is 36.4 Å². The van der Waals surface area contributed by atoms with Crippen LogP contribution in [0.4, 0.5) is 0 Å². The lowest BCUT2D eigenvalue weighted by atomic mass is 9.84. The van der Waals surface area contributed by atoms with Gasteiger partial charge in [-0.1, -0.05) is 30.3 Å². The Morgan fingerprint density at radius 2 is 1.78 bits per heavy atom. The van der Waals surface area contributed by atoms with Gasteiger partial charge in [-0.15, -0.1) is 0 Å². The lowest BCUT2D eigenvalue weighted by molar-refractivity contribution is -0.142. The number of aliphatic carboxylic acids is 1. The Hall–Kier alpha value is -2.16. The normalized spacial score (nSPS) is 11.2. The van der Waals surface area contributed by atoms with Crippen LogP contribution in [-0.4, -0.2) is 16.1 Å². The van der Waals surface area contributed by atoms with E-state index >= 15 is 0 Å². The molecule has 3 heteroatoms. The zero-order valence-electron chi connectivity index (χ0n) is 10.4. The number of hydrogen-bond acceptors (Lipinski definition) is 2. The van der Waals surface area contributed by atoms with Crippen molar-refractivity contribution in [3.8, 4) is 11.1 Å². The third-order valence-corrected chi connectivity index (χ3v) is 3.14. The molecule has 0 atom stereocenters. The molecule has 0 fully saturated rings. The van der Waals surface area contributed by atoms with E-state index in [9.17, 15) is 9.90 Å². The van der Waals surface area contributed by atoms with Crippen LogP contribution in [-0.2, 0) is 10.2 Å². The van der Waals surface area contributed by atoms with Gasteiger partial charge in [-0.3, -0.25) is 9.78 Å². The van der Waals surface area contributed by atoms with Crippen LogP contribution >= 0.6 is 0 Å². The SMILES string of the molecule is CC(C)(C(=O)O)c1ccc(-c2cccnc2)cc1. The molecule has 2 aromatic rings. The van der Waals surface area contributed by atoms with Gasteiger partial charge in [0, 0.05) is 12.4 Å². The van der Waals surface area contributed by atoms with Crippen LogP contribution in [0.2, 0.25) is 0 Å². The minimum Gasteiger partial charge on any atom is -0.481 e. The molecule has 0 spiro atoms. The summed E-state index contributed by atoms with van der Waals surface area (Å²) >= 11 is 0. The molecular weight excluding hydrogens is 226 g/mol. The standard InChI is InChI=1S/C15H15NO2/c1-15(2,14(17)18)13-7-5-11(6-8-13)12-4-3-9-16-10-12/h3-10H,1-2H3,(H,17,18). The quantitative estimate of drug-likeness (QED) is 0.898. The van der Waals surface area contributed by atoms with Crippen molar-refractivity contribution in [3.05, 3.63) is 54.4 Å². The van der Waals surface area contributed by atoms with Crippen LogP contribution in [0.25, 0.3) is 11.1 Å². The maximum atomic E-state index is 11.2. The van der Waals surface area contributed by atoms with Crippen molar-refractivity contribution in [1.82, 2.24) is 4.98 Å². The first-order chi connectivity index (χ1) is 8.51. The van der Waals surface area contributed by atoms with Gasteiger partial charge in [0.15, 0.2) is 0 Å². The molecule has 2 rings (SSSR count). The van der Waals surface area contributed by atoms with E-state index in [2.05, 4.69) is 4.98 Å². The third kappa shape index (κ3) is 2.25. The van der Waals surface area contributed by atoms with Gasteiger partial charge in [0.2, 0.25) is 0 Å². The first kappa shape index (κ1) is 12.3. The fourth-order valence-corrected chi connectivity index (χ4v) is 1.74. The van der Waals surface area contributed by atoms with Crippen molar-refractivity contribution in [1.29, 1.82) is 0 Å². The lowest BCUT2D eigenvalue weighted by Crippen LogP contribution is -2.28. The maximum absolute atomic E-state index is 11.2. The highest BCUT2D eigenvalue weighted by molar-refractivity contribution is 5.80. The average Bonchev–Trinajstić information content (AvgIpc) is 2.40. The molecule has 0 saturated carbocycles. The minimum absolute atomic E-state index is 0.794. The molecule has 92 valence electrons. The largest absolute Gasteiger partial charge is 0.481 e. The summed E-state index contributed by atoms with van der Waals surface area (Å²) in [6.07, 6.45) is 3.52. The van der Waals surface area contributed by atoms with Crippen LogP contribution in [0.3, 0.4) is 0 Å². The Morgan fingerprint density at radius 1 is 1.11 bits per heavy atom. The zero-order valence-corrected chi connectivity index (χ0v) is 10.4. The molecule has 0 aliphatic rings. The second kappa shape index (κ2) is 4.61. The Bertz CT molecular complexity index is 544.